The lowest BCUT2D eigenvalue weighted by molar-refractivity contribution is -0.174. The number of morpholine rings is 1. The van der Waals surface area contributed by atoms with Gasteiger partial charge in [0.1, 0.15) is 12.2 Å². The number of hydrogen-bond donors (Lipinski definition) is 0. The molecule has 1 radical (unpaired) electrons. The summed E-state index contributed by atoms with van der Waals surface area (Å²) in [5.74, 6) is 0.599. The molecule has 2 aromatic rings. The van der Waals surface area contributed by atoms with Gasteiger partial charge in [-0.15, -0.1) is 0 Å². The van der Waals surface area contributed by atoms with E-state index >= 15 is 0 Å². The topological polar surface area (TPSA) is 29.5 Å². The summed E-state index contributed by atoms with van der Waals surface area (Å²) in [5, 5.41) is 1.33. The minimum atomic E-state index is -0.531. The average molecular weight is 403 g/mol. The summed E-state index contributed by atoms with van der Waals surface area (Å²) < 4.78 is 6.27. The monoisotopic (exact) mass is 402 g/mol. The van der Waals surface area contributed by atoms with Gasteiger partial charge in [-0.3, -0.25) is 4.79 Å². The standard InChI is InChI=1S/C22H22Cl2NO2/c1-2-19-22(26)25(13-14-6-7-14)20(15-8-10-17(23)11-9-15)21(27-19)16-4-3-5-18(24)12-16/h3-5,8-12,14,19-21H,1-2,6-7,13H2/t19-,20+,21-/m0/s1. The number of nitrogens with zero attached hydrogens (tertiary/aromatic N) is 1. The summed E-state index contributed by atoms with van der Waals surface area (Å²) in [4.78, 5) is 15.1. The minimum Gasteiger partial charge on any atom is -0.358 e. The molecule has 3 atom stereocenters. The van der Waals surface area contributed by atoms with Gasteiger partial charge in [-0.1, -0.05) is 54.4 Å². The molecule has 1 heterocycles. The molecule has 0 spiro atoms. The van der Waals surface area contributed by atoms with Crippen LogP contribution in [0.15, 0.2) is 48.5 Å². The number of rotatable bonds is 5. The smallest absolute Gasteiger partial charge is 0.252 e. The number of ether oxygens (including phenoxy) is 1. The van der Waals surface area contributed by atoms with Gasteiger partial charge in [0.2, 0.25) is 0 Å². The summed E-state index contributed by atoms with van der Waals surface area (Å²) in [5.41, 5.74) is 1.98. The molecule has 3 nitrogen and oxygen atoms in total. The zero-order valence-corrected chi connectivity index (χ0v) is 16.5. The Morgan fingerprint density at radius 2 is 1.78 bits per heavy atom. The van der Waals surface area contributed by atoms with Crippen molar-refractivity contribution in [3.63, 3.8) is 0 Å². The normalized spacial score (nSPS) is 25.7. The van der Waals surface area contributed by atoms with Gasteiger partial charge in [-0.25, -0.2) is 0 Å². The molecular weight excluding hydrogens is 381 g/mol. The van der Waals surface area contributed by atoms with Gasteiger partial charge in [-0.2, -0.15) is 0 Å². The predicted molar refractivity (Wildman–Crippen MR) is 108 cm³/mol. The highest BCUT2D eigenvalue weighted by molar-refractivity contribution is 6.30. The molecule has 1 aliphatic carbocycles. The van der Waals surface area contributed by atoms with Crippen LogP contribution < -0.4 is 0 Å². The van der Waals surface area contributed by atoms with E-state index in [1.54, 1.807) is 0 Å². The second kappa shape index (κ2) is 7.83. The maximum atomic E-state index is 13.1. The molecule has 0 N–H and O–H groups in total. The van der Waals surface area contributed by atoms with Crippen LogP contribution >= 0.6 is 23.2 Å². The van der Waals surface area contributed by atoms with E-state index in [-0.39, 0.29) is 18.1 Å². The molecule has 5 heteroatoms. The van der Waals surface area contributed by atoms with E-state index in [0.717, 1.165) is 17.7 Å². The Morgan fingerprint density at radius 3 is 2.41 bits per heavy atom. The van der Waals surface area contributed by atoms with Gasteiger partial charge < -0.3 is 9.64 Å². The first kappa shape index (κ1) is 18.8. The van der Waals surface area contributed by atoms with Crippen LogP contribution in [0.4, 0.5) is 0 Å². The summed E-state index contributed by atoms with van der Waals surface area (Å²) in [6.45, 7) is 4.68. The van der Waals surface area contributed by atoms with Gasteiger partial charge in [0.15, 0.2) is 0 Å². The van der Waals surface area contributed by atoms with E-state index in [1.165, 1.54) is 12.8 Å². The summed E-state index contributed by atoms with van der Waals surface area (Å²) in [6.07, 6.45) is 1.93. The molecule has 1 saturated heterocycles. The van der Waals surface area contributed by atoms with Crippen LogP contribution in [0, 0.1) is 12.8 Å². The van der Waals surface area contributed by atoms with Crippen molar-refractivity contribution in [3.05, 3.63) is 76.6 Å². The van der Waals surface area contributed by atoms with Crippen LogP contribution in [0.5, 0.6) is 0 Å². The molecule has 1 aliphatic heterocycles. The SMILES string of the molecule is [CH2]C[C@@H]1O[C@@H](c2cccc(Cl)c2)[C@@H](c2ccc(Cl)cc2)N(CC2CC2)C1=O. The first-order chi connectivity index (χ1) is 13.1. The van der Waals surface area contributed by atoms with E-state index in [0.29, 0.717) is 22.4 Å². The Kier molecular flexibility index (Phi) is 5.45. The lowest BCUT2D eigenvalue weighted by atomic mass is 9.91. The summed E-state index contributed by atoms with van der Waals surface area (Å²) in [6, 6.07) is 15.1. The van der Waals surface area contributed by atoms with Gasteiger partial charge in [0.25, 0.3) is 5.91 Å². The van der Waals surface area contributed by atoms with Gasteiger partial charge in [0.05, 0.1) is 6.04 Å². The number of benzene rings is 2. The van der Waals surface area contributed by atoms with E-state index in [9.17, 15) is 4.79 Å². The predicted octanol–water partition coefficient (Wildman–Crippen LogP) is 5.64. The van der Waals surface area contributed by atoms with Crippen molar-refractivity contribution in [2.75, 3.05) is 6.54 Å². The Balaban J connectivity index is 1.78. The maximum absolute atomic E-state index is 13.1. The molecule has 27 heavy (non-hydrogen) atoms. The zero-order valence-electron chi connectivity index (χ0n) is 15.0. The summed E-state index contributed by atoms with van der Waals surface area (Å²) >= 11 is 12.3. The number of carbonyl (C=O) groups excluding carboxylic acids is 1. The fraction of sp³-hybridized carbons (Fsp3) is 0.364. The highest BCUT2D eigenvalue weighted by Crippen LogP contribution is 2.45. The van der Waals surface area contributed by atoms with E-state index in [1.807, 2.05) is 53.4 Å². The first-order valence-corrected chi connectivity index (χ1v) is 10.1. The fourth-order valence-electron chi connectivity index (χ4n) is 3.73. The molecule has 0 unspecified atom stereocenters. The molecule has 0 bridgehead atoms. The molecule has 1 saturated carbocycles. The van der Waals surface area contributed by atoms with E-state index in [2.05, 4.69) is 6.92 Å². The fourth-order valence-corrected chi connectivity index (χ4v) is 4.05. The van der Waals surface area contributed by atoms with Crippen LogP contribution in [0.3, 0.4) is 0 Å². The van der Waals surface area contributed by atoms with Crippen LogP contribution in [-0.4, -0.2) is 23.5 Å². The van der Waals surface area contributed by atoms with Crippen molar-refractivity contribution in [2.24, 2.45) is 5.92 Å². The largest absolute Gasteiger partial charge is 0.358 e. The van der Waals surface area contributed by atoms with Crippen molar-refractivity contribution in [1.82, 2.24) is 4.90 Å². The lowest BCUT2D eigenvalue weighted by Gasteiger charge is -2.45. The number of carbonyl (C=O) groups is 1. The van der Waals surface area contributed by atoms with Crippen LogP contribution in [0.1, 0.15) is 42.5 Å². The quantitative estimate of drug-likeness (QED) is 0.647. The highest BCUT2D eigenvalue weighted by atomic mass is 35.5. The van der Waals surface area contributed by atoms with Gasteiger partial charge in [0, 0.05) is 16.6 Å². The maximum Gasteiger partial charge on any atom is 0.252 e. The molecular formula is C22H22Cl2NO2. The van der Waals surface area contributed by atoms with Crippen molar-refractivity contribution in [1.29, 1.82) is 0 Å². The Bertz CT molecular complexity index is 819. The molecule has 141 valence electrons. The second-order valence-electron chi connectivity index (χ2n) is 7.32. The third-order valence-corrected chi connectivity index (χ3v) is 5.78. The van der Waals surface area contributed by atoms with Crippen molar-refractivity contribution < 1.29 is 9.53 Å². The highest BCUT2D eigenvalue weighted by Gasteiger charge is 2.45. The third kappa shape index (κ3) is 4.01. The van der Waals surface area contributed by atoms with Gasteiger partial charge >= 0.3 is 0 Å². The number of hydrogen-bond acceptors (Lipinski definition) is 2. The first-order valence-electron chi connectivity index (χ1n) is 9.33. The molecule has 4 rings (SSSR count). The number of halogens is 2. The Labute approximate surface area is 170 Å². The van der Waals surface area contributed by atoms with Crippen molar-refractivity contribution >= 4 is 29.1 Å². The van der Waals surface area contributed by atoms with Crippen LogP contribution in [0.25, 0.3) is 0 Å². The molecule has 2 fully saturated rings. The van der Waals surface area contributed by atoms with Gasteiger partial charge in [-0.05, 0) is 60.6 Å². The Hall–Kier alpha value is -1.55. The molecule has 2 aromatic carbocycles. The molecule has 0 aromatic heterocycles. The second-order valence-corrected chi connectivity index (χ2v) is 8.19. The number of amides is 1. The van der Waals surface area contributed by atoms with Crippen LogP contribution in [0.2, 0.25) is 10.0 Å². The van der Waals surface area contributed by atoms with Crippen molar-refractivity contribution in [3.8, 4) is 0 Å². The molecule has 1 amide bonds. The van der Waals surface area contributed by atoms with E-state index in [4.69, 9.17) is 27.9 Å². The summed E-state index contributed by atoms with van der Waals surface area (Å²) in [7, 11) is 0. The van der Waals surface area contributed by atoms with Crippen molar-refractivity contribution in [2.45, 2.75) is 37.5 Å². The lowest BCUT2D eigenvalue weighted by Crippen LogP contribution is -2.51. The average Bonchev–Trinajstić information content (AvgIpc) is 3.48. The minimum absolute atomic E-state index is 0.0233. The Morgan fingerprint density at radius 1 is 1.04 bits per heavy atom. The van der Waals surface area contributed by atoms with Crippen LogP contribution in [-0.2, 0) is 9.53 Å². The molecule has 2 aliphatic rings. The zero-order chi connectivity index (χ0) is 19.0. The third-order valence-electron chi connectivity index (χ3n) is 5.29. The van der Waals surface area contributed by atoms with E-state index < -0.39 is 6.10 Å².